The molecule has 66 valence electrons. The third kappa shape index (κ3) is 3.04. The first-order valence-corrected chi connectivity index (χ1v) is 4.01. The van der Waals surface area contributed by atoms with E-state index in [-0.39, 0.29) is 12.5 Å². The molecule has 0 radical (unpaired) electrons. The second-order valence-corrected chi connectivity index (χ2v) is 3.22. The Morgan fingerprint density at radius 2 is 2.09 bits per heavy atom. The first-order valence-electron chi connectivity index (χ1n) is 4.01. The standard InChI is InChI=1S/C9H18O2/c1-4-5-9(11,6-7-10)8(2)3/h4,8,10-11H,1,5-7H2,2-3H3/t9-/m1/s1. The lowest BCUT2D eigenvalue weighted by Gasteiger charge is -2.30. The van der Waals surface area contributed by atoms with E-state index >= 15 is 0 Å². The maximum absolute atomic E-state index is 9.86. The van der Waals surface area contributed by atoms with Crippen LogP contribution >= 0.6 is 0 Å². The fourth-order valence-electron chi connectivity index (χ4n) is 1.07. The van der Waals surface area contributed by atoms with E-state index in [1.54, 1.807) is 6.08 Å². The summed E-state index contributed by atoms with van der Waals surface area (Å²) in [5, 5.41) is 18.5. The van der Waals surface area contributed by atoms with E-state index in [0.29, 0.717) is 12.8 Å². The molecule has 0 aromatic heterocycles. The summed E-state index contributed by atoms with van der Waals surface area (Å²) in [5.41, 5.74) is -0.767. The topological polar surface area (TPSA) is 40.5 Å². The van der Waals surface area contributed by atoms with Crippen LogP contribution in [-0.4, -0.2) is 22.4 Å². The quantitative estimate of drug-likeness (QED) is 0.593. The Morgan fingerprint density at radius 3 is 2.36 bits per heavy atom. The van der Waals surface area contributed by atoms with E-state index in [4.69, 9.17) is 5.11 Å². The Morgan fingerprint density at radius 1 is 1.55 bits per heavy atom. The van der Waals surface area contributed by atoms with Gasteiger partial charge < -0.3 is 10.2 Å². The molecule has 0 aliphatic rings. The molecular weight excluding hydrogens is 140 g/mol. The van der Waals surface area contributed by atoms with E-state index in [2.05, 4.69) is 6.58 Å². The molecule has 0 amide bonds. The zero-order valence-corrected chi connectivity index (χ0v) is 7.38. The van der Waals surface area contributed by atoms with E-state index < -0.39 is 5.60 Å². The Bertz CT molecular complexity index is 121. The molecule has 2 heteroatoms. The van der Waals surface area contributed by atoms with Crippen molar-refractivity contribution >= 4 is 0 Å². The van der Waals surface area contributed by atoms with Crippen molar-refractivity contribution in [3.63, 3.8) is 0 Å². The van der Waals surface area contributed by atoms with Crippen molar-refractivity contribution in [3.05, 3.63) is 12.7 Å². The predicted octanol–water partition coefficient (Wildman–Crippen LogP) is 1.33. The van der Waals surface area contributed by atoms with Gasteiger partial charge in [-0.3, -0.25) is 0 Å². The van der Waals surface area contributed by atoms with Crippen LogP contribution in [0.25, 0.3) is 0 Å². The molecule has 0 aromatic rings. The van der Waals surface area contributed by atoms with Crippen molar-refractivity contribution in [1.82, 2.24) is 0 Å². The van der Waals surface area contributed by atoms with Crippen molar-refractivity contribution in [1.29, 1.82) is 0 Å². The van der Waals surface area contributed by atoms with E-state index in [0.717, 1.165) is 0 Å². The summed E-state index contributed by atoms with van der Waals surface area (Å²) in [6.45, 7) is 7.49. The van der Waals surface area contributed by atoms with Crippen LogP contribution in [0.15, 0.2) is 12.7 Å². The molecule has 0 fully saturated rings. The predicted molar refractivity (Wildman–Crippen MR) is 46.3 cm³/mol. The van der Waals surface area contributed by atoms with Crippen molar-refractivity contribution in [3.8, 4) is 0 Å². The van der Waals surface area contributed by atoms with Crippen LogP contribution < -0.4 is 0 Å². The number of aliphatic hydroxyl groups excluding tert-OH is 1. The minimum Gasteiger partial charge on any atom is -0.396 e. The molecule has 0 heterocycles. The Labute approximate surface area is 68.6 Å². The molecule has 0 aromatic carbocycles. The minimum atomic E-state index is -0.767. The normalized spacial score (nSPS) is 16.5. The monoisotopic (exact) mass is 158 g/mol. The van der Waals surface area contributed by atoms with Crippen molar-refractivity contribution in [2.45, 2.75) is 32.3 Å². The highest BCUT2D eigenvalue weighted by Crippen LogP contribution is 2.24. The van der Waals surface area contributed by atoms with Crippen molar-refractivity contribution < 1.29 is 10.2 Å². The fourth-order valence-corrected chi connectivity index (χ4v) is 1.07. The lowest BCUT2D eigenvalue weighted by atomic mass is 9.84. The molecule has 0 aliphatic heterocycles. The van der Waals surface area contributed by atoms with Gasteiger partial charge in [0.1, 0.15) is 0 Å². The average molecular weight is 158 g/mol. The van der Waals surface area contributed by atoms with Crippen LogP contribution in [0.4, 0.5) is 0 Å². The summed E-state index contributed by atoms with van der Waals surface area (Å²) < 4.78 is 0. The number of hydrogen-bond acceptors (Lipinski definition) is 2. The molecule has 1 atom stereocenters. The maximum Gasteiger partial charge on any atom is 0.0726 e. The summed E-state index contributed by atoms with van der Waals surface area (Å²) in [4.78, 5) is 0. The maximum atomic E-state index is 9.86. The van der Waals surface area contributed by atoms with Gasteiger partial charge in [0.2, 0.25) is 0 Å². The molecule has 0 bridgehead atoms. The average Bonchev–Trinajstić information content (AvgIpc) is 1.88. The molecule has 0 rings (SSSR count). The van der Waals surface area contributed by atoms with Gasteiger partial charge in [0.15, 0.2) is 0 Å². The summed E-state index contributed by atoms with van der Waals surface area (Å²) in [5.74, 6) is 0.160. The zero-order chi connectivity index (χ0) is 8.91. The lowest BCUT2D eigenvalue weighted by Crippen LogP contribution is -2.35. The van der Waals surface area contributed by atoms with E-state index in [9.17, 15) is 5.11 Å². The number of hydrogen-bond donors (Lipinski definition) is 2. The second-order valence-electron chi connectivity index (χ2n) is 3.22. The SMILES string of the molecule is C=CC[C@@](O)(CCO)C(C)C. The van der Waals surface area contributed by atoms with Crippen LogP contribution in [0.5, 0.6) is 0 Å². The molecule has 0 aliphatic carbocycles. The van der Waals surface area contributed by atoms with Crippen LogP contribution in [-0.2, 0) is 0 Å². The molecule has 0 spiro atoms. The fraction of sp³-hybridized carbons (Fsp3) is 0.778. The highest BCUT2D eigenvalue weighted by Gasteiger charge is 2.28. The molecule has 2 N–H and O–H groups in total. The lowest BCUT2D eigenvalue weighted by molar-refractivity contribution is -0.0224. The first-order chi connectivity index (χ1) is 5.06. The highest BCUT2D eigenvalue weighted by atomic mass is 16.3. The van der Waals surface area contributed by atoms with Gasteiger partial charge >= 0.3 is 0 Å². The first kappa shape index (κ1) is 10.7. The molecule has 11 heavy (non-hydrogen) atoms. The third-order valence-electron chi connectivity index (χ3n) is 2.12. The van der Waals surface area contributed by atoms with Gasteiger partial charge in [0.05, 0.1) is 5.60 Å². The van der Waals surface area contributed by atoms with Crippen molar-refractivity contribution in [2.24, 2.45) is 5.92 Å². The second kappa shape index (κ2) is 4.52. The van der Waals surface area contributed by atoms with Gasteiger partial charge in [-0.15, -0.1) is 6.58 Å². The molecular formula is C9H18O2. The molecule has 2 nitrogen and oxygen atoms in total. The van der Waals surface area contributed by atoms with Crippen molar-refractivity contribution in [2.75, 3.05) is 6.61 Å². The minimum absolute atomic E-state index is 0.0303. The van der Waals surface area contributed by atoms with Gasteiger partial charge in [-0.1, -0.05) is 19.9 Å². The van der Waals surface area contributed by atoms with Crippen LogP contribution in [0.3, 0.4) is 0 Å². The Kier molecular flexibility index (Phi) is 4.38. The van der Waals surface area contributed by atoms with Gasteiger partial charge in [0, 0.05) is 6.61 Å². The van der Waals surface area contributed by atoms with E-state index in [1.807, 2.05) is 13.8 Å². The van der Waals surface area contributed by atoms with Gasteiger partial charge in [-0.2, -0.15) is 0 Å². The van der Waals surface area contributed by atoms with E-state index in [1.165, 1.54) is 0 Å². The van der Waals surface area contributed by atoms with Crippen LogP contribution in [0.2, 0.25) is 0 Å². The summed E-state index contributed by atoms with van der Waals surface area (Å²) >= 11 is 0. The van der Waals surface area contributed by atoms with Crippen LogP contribution in [0, 0.1) is 5.92 Å². The van der Waals surface area contributed by atoms with Gasteiger partial charge in [-0.25, -0.2) is 0 Å². The summed E-state index contributed by atoms with van der Waals surface area (Å²) in [6, 6.07) is 0. The molecule has 0 saturated carbocycles. The largest absolute Gasteiger partial charge is 0.396 e. The Balaban J connectivity index is 4.12. The van der Waals surface area contributed by atoms with Crippen LogP contribution in [0.1, 0.15) is 26.7 Å². The smallest absolute Gasteiger partial charge is 0.0726 e. The number of rotatable bonds is 5. The third-order valence-corrected chi connectivity index (χ3v) is 2.12. The summed E-state index contributed by atoms with van der Waals surface area (Å²) in [6.07, 6.45) is 2.66. The Hall–Kier alpha value is -0.340. The number of aliphatic hydroxyl groups is 2. The molecule has 0 saturated heterocycles. The van der Waals surface area contributed by atoms with Gasteiger partial charge in [0.25, 0.3) is 0 Å². The van der Waals surface area contributed by atoms with Gasteiger partial charge in [-0.05, 0) is 18.8 Å². The molecule has 0 unspecified atom stereocenters. The highest BCUT2D eigenvalue weighted by molar-refractivity contribution is 4.88. The zero-order valence-electron chi connectivity index (χ0n) is 7.38. The summed E-state index contributed by atoms with van der Waals surface area (Å²) in [7, 11) is 0.